The van der Waals surface area contributed by atoms with E-state index in [1.165, 1.54) is 0 Å². The van der Waals surface area contributed by atoms with E-state index in [4.69, 9.17) is 5.53 Å². The van der Waals surface area contributed by atoms with Crippen molar-refractivity contribution in [1.82, 2.24) is 4.98 Å². The molecule has 0 aliphatic rings. The Morgan fingerprint density at radius 1 is 1.07 bits per heavy atom. The molecule has 0 atom stereocenters. The molecule has 0 unspecified atom stereocenters. The SMILES string of the molecule is Cc1cnccc1C(=O)Nc1ccc(-c2cc(C=NN=N)ccc2C)cc1. The number of carbonyl (C=O) groups excluding carboxylic acids is 1. The highest BCUT2D eigenvalue weighted by Crippen LogP contribution is 2.26. The summed E-state index contributed by atoms with van der Waals surface area (Å²) in [6.07, 6.45) is 4.82. The maximum atomic E-state index is 12.4. The van der Waals surface area contributed by atoms with Crippen LogP contribution >= 0.6 is 0 Å². The zero-order chi connectivity index (χ0) is 19.2. The third kappa shape index (κ3) is 4.30. The summed E-state index contributed by atoms with van der Waals surface area (Å²) < 4.78 is 0. The molecule has 0 fully saturated rings. The van der Waals surface area contributed by atoms with Crippen molar-refractivity contribution in [3.8, 4) is 11.1 Å². The number of aryl methyl sites for hydroxylation is 2. The molecule has 3 aromatic rings. The lowest BCUT2D eigenvalue weighted by Gasteiger charge is -2.10. The summed E-state index contributed by atoms with van der Waals surface area (Å²) >= 11 is 0. The minimum atomic E-state index is -0.156. The quantitative estimate of drug-likeness (QED) is 0.383. The zero-order valence-corrected chi connectivity index (χ0v) is 15.1. The van der Waals surface area contributed by atoms with Crippen molar-refractivity contribution < 1.29 is 4.79 Å². The Morgan fingerprint density at radius 2 is 1.85 bits per heavy atom. The van der Waals surface area contributed by atoms with Gasteiger partial charge in [0.25, 0.3) is 5.91 Å². The van der Waals surface area contributed by atoms with E-state index in [0.717, 1.165) is 33.5 Å². The molecule has 0 saturated heterocycles. The van der Waals surface area contributed by atoms with Crippen LogP contribution in [-0.4, -0.2) is 17.1 Å². The Morgan fingerprint density at radius 3 is 2.56 bits per heavy atom. The molecule has 0 saturated carbocycles. The van der Waals surface area contributed by atoms with Crippen LogP contribution in [0.15, 0.2) is 71.2 Å². The molecule has 0 spiro atoms. The highest BCUT2D eigenvalue weighted by molar-refractivity contribution is 6.05. The van der Waals surface area contributed by atoms with Gasteiger partial charge in [-0.25, -0.2) is 0 Å². The maximum absolute atomic E-state index is 12.4. The fraction of sp³-hybridized carbons (Fsp3) is 0.0952. The summed E-state index contributed by atoms with van der Waals surface area (Å²) in [6.45, 7) is 3.89. The van der Waals surface area contributed by atoms with Crippen LogP contribution in [0.5, 0.6) is 0 Å². The van der Waals surface area contributed by atoms with Gasteiger partial charge in [-0.05, 0) is 65.9 Å². The average molecular weight is 357 g/mol. The highest BCUT2D eigenvalue weighted by atomic mass is 16.1. The normalized spacial score (nSPS) is 10.7. The molecule has 1 heterocycles. The summed E-state index contributed by atoms with van der Waals surface area (Å²) in [5, 5.41) is 9.52. The molecule has 134 valence electrons. The number of benzene rings is 2. The fourth-order valence-corrected chi connectivity index (χ4v) is 2.79. The number of pyridine rings is 1. The van der Waals surface area contributed by atoms with E-state index in [1.807, 2.05) is 56.3 Å². The van der Waals surface area contributed by atoms with Crippen LogP contribution in [0.4, 0.5) is 5.69 Å². The Hall–Kier alpha value is -3.67. The van der Waals surface area contributed by atoms with Gasteiger partial charge in [0, 0.05) is 23.6 Å². The second kappa shape index (κ2) is 8.14. The Labute approximate surface area is 157 Å². The summed E-state index contributed by atoms with van der Waals surface area (Å²) in [5.74, 6) is -0.156. The van der Waals surface area contributed by atoms with E-state index < -0.39 is 0 Å². The minimum absolute atomic E-state index is 0.156. The minimum Gasteiger partial charge on any atom is -0.322 e. The van der Waals surface area contributed by atoms with Crippen molar-refractivity contribution in [2.75, 3.05) is 5.32 Å². The first-order valence-corrected chi connectivity index (χ1v) is 8.41. The van der Waals surface area contributed by atoms with Gasteiger partial charge in [0.15, 0.2) is 0 Å². The van der Waals surface area contributed by atoms with Gasteiger partial charge in [-0.2, -0.15) is 5.53 Å². The number of amides is 1. The smallest absolute Gasteiger partial charge is 0.256 e. The number of nitrogens with one attached hydrogen (secondary N) is 2. The van der Waals surface area contributed by atoms with Crippen LogP contribution < -0.4 is 5.32 Å². The van der Waals surface area contributed by atoms with Crippen LogP contribution in [0, 0.1) is 19.4 Å². The molecule has 1 amide bonds. The molecule has 0 bridgehead atoms. The molecule has 2 N–H and O–H groups in total. The number of nitrogens with zero attached hydrogens (tertiary/aromatic N) is 3. The van der Waals surface area contributed by atoms with Crippen molar-refractivity contribution in [2.24, 2.45) is 10.3 Å². The third-order valence-electron chi connectivity index (χ3n) is 4.24. The molecule has 1 aromatic heterocycles. The first-order chi connectivity index (χ1) is 13.1. The molecule has 2 aromatic carbocycles. The molecule has 0 radical (unpaired) electrons. The van der Waals surface area contributed by atoms with Gasteiger partial charge in [0.2, 0.25) is 0 Å². The monoisotopic (exact) mass is 357 g/mol. The van der Waals surface area contributed by atoms with E-state index in [2.05, 4.69) is 20.6 Å². The summed E-state index contributed by atoms with van der Waals surface area (Å²) in [5.41, 5.74) is 13.0. The predicted molar refractivity (Wildman–Crippen MR) is 106 cm³/mol. The maximum Gasteiger partial charge on any atom is 0.256 e. The van der Waals surface area contributed by atoms with Crippen LogP contribution in [0.1, 0.15) is 27.0 Å². The van der Waals surface area contributed by atoms with Crippen molar-refractivity contribution in [3.63, 3.8) is 0 Å². The molecule has 0 aliphatic heterocycles. The molecule has 27 heavy (non-hydrogen) atoms. The van der Waals surface area contributed by atoms with Gasteiger partial charge in [-0.3, -0.25) is 9.78 Å². The second-order valence-corrected chi connectivity index (χ2v) is 6.14. The molecular formula is C21H19N5O. The van der Waals surface area contributed by atoms with Gasteiger partial charge in [-0.1, -0.05) is 29.5 Å². The van der Waals surface area contributed by atoms with E-state index in [0.29, 0.717) is 5.56 Å². The number of hydrogen-bond donors (Lipinski definition) is 2. The Bertz CT molecular complexity index is 1010. The Balaban J connectivity index is 1.81. The average Bonchev–Trinajstić information content (AvgIpc) is 2.68. The van der Waals surface area contributed by atoms with Crippen molar-refractivity contribution >= 4 is 17.8 Å². The van der Waals surface area contributed by atoms with Crippen LogP contribution in [-0.2, 0) is 0 Å². The van der Waals surface area contributed by atoms with E-state index in [-0.39, 0.29) is 5.91 Å². The first kappa shape index (κ1) is 18.1. The number of rotatable bonds is 5. The molecule has 0 aliphatic carbocycles. The van der Waals surface area contributed by atoms with E-state index >= 15 is 0 Å². The van der Waals surface area contributed by atoms with Crippen LogP contribution in [0.3, 0.4) is 0 Å². The lowest BCUT2D eigenvalue weighted by molar-refractivity contribution is 0.102. The van der Waals surface area contributed by atoms with Crippen molar-refractivity contribution in [1.29, 1.82) is 5.53 Å². The molecular weight excluding hydrogens is 338 g/mol. The number of carbonyl (C=O) groups is 1. The van der Waals surface area contributed by atoms with E-state index in [9.17, 15) is 4.79 Å². The summed E-state index contributed by atoms with van der Waals surface area (Å²) in [7, 11) is 0. The van der Waals surface area contributed by atoms with Crippen molar-refractivity contribution in [3.05, 3.63) is 83.2 Å². The molecule has 6 nitrogen and oxygen atoms in total. The topological polar surface area (TPSA) is 90.6 Å². The van der Waals surface area contributed by atoms with Gasteiger partial charge < -0.3 is 5.32 Å². The number of hydrogen-bond acceptors (Lipinski definition) is 4. The van der Waals surface area contributed by atoms with Gasteiger partial charge >= 0.3 is 0 Å². The predicted octanol–water partition coefficient (Wildman–Crippen LogP) is 4.98. The first-order valence-electron chi connectivity index (χ1n) is 8.41. The number of anilines is 1. The van der Waals surface area contributed by atoms with Gasteiger partial charge in [0.05, 0.1) is 6.21 Å². The lowest BCUT2D eigenvalue weighted by Crippen LogP contribution is -2.13. The highest BCUT2D eigenvalue weighted by Gasteiger charge is 2.09. The second-order valence-electron chi connectivity index (χ2n) is 6.14. The lowest BCUT2D eigenvalue weighted by atomic mass is 9.98. The third-order valence-corrected chi connectivity index (χ3v) is 4.24. The van der Waals surface area contributed by atoms with E-state index in [1.54, 1.807) is 24.7 Å². The molecule has 3 rings (SSSR count). The van der Waals surface area contributed by atoms with Crippen molar-refractivity contribution in [2.45, 2.75) is 13.8 Å². The Kier molecular flexibility index (Phi) is 5.47. The van der Waals surface area contributed by atoms with Gasteiger partial charge in [-0.15, -0.1) is 5.10 Å². The standard InChI is InChI=1S/C21H19N5O/c1-14-3-4-16(13-24-26-22)11-20(14)17-5-7-18(8-6-17)25-21(27)19-9-10-23-12-15(19)2/h3-13,22H,1-2H3,(H,25,27). The molecule has 6 heteroatoms. The summed E-state index contributed by atoms with van der Waals surface area (Å²) in [4.78, 5) is 16.4. The number of aromatic nitrogens is 1. The van der Waals surface area contributed by atoms with Gasteiger partial charge in [0.1, 0.15) is 0 Å². The summed E-state index contributed by atoms with van der Waals surface area (Å²) in [6, 6.07) is 15.3. The van der Waals surface area contributed by atoms with Crippen LogP contribution in [0.25, 0.3) is 11.1 Å². The fourth-order valence-electron chi connectivity index (χ4n) is 2.79. The largest absolute Gasteiger partial charge is 0.322 e. The van der Waals surface area contributed by atoms with Crippen LogP contribution in [0.2, 0.25) is 0 Å². The zero-order valence-electron chi connectivity index (χ0n) is 15.1.